The lowest BCUT2D eigenvalue weighted by Crippen LogP contribution is -2.50. The maximum atomic E-state index is 12.2. The van der Waals surface area contributed by atoms with E-state index in [0.717, 1.165) is 12.8 Å². The van der Waals surface area contributed by atoms with E-state index in [-0.39, 0.29) is 0 Å². The molecular weight excluding hydrogens is 248 g/mol. The number of carboxylic acid groups (broad SMARTS) is 1. The monoisotopic (exact) mass is 268 g/mol. The van der Waals surface area contributed by atoms with E-state index in [4.69, 9.17) is 9.84 Å². The maximum Gasteiger partial charge on any atom is 0.326 e. The molecule has 0 aromatic carbocycles. The Bertz CT molecular complexity index is 369. The normalized spacial score (nSPS) is 19.2. The van der Waals surface area contributed by atoms with Gasteiger partial charge in [-0.05, 0) is 19.3 Å². The van der Waals surface area contributed by atoms with Crippen LogP contribution in [0.5, 0.6) is 0 Å². The summed E-state index contributed by atoms with van der Waals surface area (Å²) in [7, 11) is 0. The van der Waals surface area contributed by atoms with E-state index in [2.05, 4.69) is 5.32 Å². The van der Waals surface area contributed by atoms with Gasteiger partial charge in [0.15, 0.2) is 0 Å². The number of ether oxygens (including phenoxy) is 1. The van der Waals surface area contributed by atoms with E-state index in [9.17, 15) is 14.9 Å². The molecule has 1 fully saturated rings. The van der Waals surface area contributed by atoms with Gasteiger partial charge in [0, 0.05) is 13.2 Å². The number of carbonyl (C=O) groups excluding carboxylic acids is 1. The van der Waals surface area contributed by atoms with Crippen molar-refractivity contribution in [3.63, 3.8) is 0 Å². The fourth-order valence-corrected chi connectivity index (χ4v) is 2.07. The Morgan fingerprint density at radius 3 is 2.58 bits per heavy atom. The fraction of sp³-hybridized carbons (Fsp3) is 0.769. The zero-order chi connectivity index (χ0) is 14.3. The van der Waals surface area contributed by atoms with E-state index >= 15 is 0 Å². The molecule has 1 amide bonds. The van der Waals surface area contributed by atoms with Gasteiger partial charge in [-0.1, -0.05) is 19.8 Å². The van der Waals surface area contributed by atoms with Gasteiger partial charge in [-0.3, -0.25) is 4.79 Å². The number of nitriles is 1. The highest BCUT2D eigenvalue weighted by molar-refractivity contribution is 5.89. The minimum Gasteiger partial charge on any atom is -0.480 e. The third-order valence-electron chi connectivity index (χ3n) is 3.44. The van der Waals surface area contributed by atoms with Gasteiger partial charge in [0.1, 0.15) is 11.5 Å². The largest absolute Gasteiger partial charge is 0.480 e. The van der Waals surface area contributed by atoms with Crippen molar-refractivity contribution in [2.45, 2.75) is 45.1 Å². The average molecular weight is 268 g/mol. The second kappa shape index (κ2) is 7.10. The van der Waals surface area contributed by atoms with Crippen LogP contribution in [-0.2, 0) is 14.3 Å². The molecule has 19 heavy (non-hydrogen) atoms. The van der Waals surface area contributed by atoms with Crippen LogP contribution in [0, 0.1) is 16.7 Å². The van der Waals surface area contributed by atoms with E-state index in [1.807, 2.05) is 13.0 Å². The van der Waals surface area contributed by atoms with Crippen molar-refractivity contribution in [3.8, 4) is 6.07 Å². The van der Waals surface area contributed by atoms with Crippen LogP contribution in [0.25, 0.3) is 0 Å². The zero-order valence-corrected chi connectivity index (χ0v) is 11.1. The smallest absolute Gasteiger partial charge is 0.326 e. The summed E-state index contributed by atoms with van der Waals surface area (Å²) >= 11 is 0. The van der Waals surface area contributed by atoms with Gasteiger partial charge in [-0.2, -0.15) is 5.26 Å². The lowest BCUT2D eigenvalue weighted by molar-refractivity contribution is -0.144. The number of nitrogens with zero attached hydrogens (tertiary/aromatic N) is 1. The van der Waals surface area contributed by atoms with Crippen LogP contribution in [0.1, 0.15) is 39.0 Å². The lowest BCUT2D eigenvalue weighted by atomic mass is 9.80. The number of hydrogen-bond donors (Lipinski definition) is 2. The lowest BCUT2D eigenvalue weighted by Gasteiger charge is -2.30. The number of rotatable bonds is 6. The Kier molecular flexibility index (Phi) is 5.77. The van der Waals surface area contributed by atoms with Crippen LogP contribution < -0.4 is 5.32 Å². The van der Waals surface area contributed by atoms with Crippen LogP contribution in [0.4, 0.5) is 0 Å². The zero-order valence-electron chi connectivity index (χ0n) is 11.1. The third-order valence-corrected chi connectivity index (χ3v) is 3.44. The predicted molar refractivity (Wildman–Crippen MR) is 67.2 cm³/mol. The first-order chi connectivity index (χ1) is 9.05. The minimum absolute atomic E-state index is 0.315. The first-order valence-electron chi connectivity index (χ1n) is 6.58. The Balaban J connectivity index is 2.69. The van der Waals surface area contributed by atoms with Crippen LogP contribution >= 0.6 is 0 Å². The second-order valence-electron chi connectivity index (χ2n) is 4.81. The highest BCUT2D eigenvalue weighted by Gasteiger charge is 2.41. The Hall–Kier alpha value is -1.61. The van der Waals surface area contributed by atoms with E-state index in [0.29, 0.717) is 32.5 Å². The van der Waals surface area contributed by atoms with Gasteiger partial charge < -0.3 is 15.2 Å². The molecule has 0 saturated carbocycles. The molecule has 106 valence electrons. The average Bonchev–Trinajstić information content (AvgIpc) is 2.43. The summed E-state index contributed by atoms with van der Waals surface area (Å²) < 4.78 is 5.15. The van der Waals surface area contributed by atoms with Gasteiger partial charge in [0.25, 0.3) is 0 Å². The molecular formula is C13H20N2O4. The van der Waals surface area contributed by atoms with Gasteiger partial charge >= 0.3 is 5.97 Å². The number of carboxylic acids is 1. The summed E-state index contributed by atoms with van der Waals surface area (Å²) in [5.41, 5.74) is -1.14. The molecule has 1 unspecified atom stereocenters. The van der Waals surface area contributed by atoms with Gasteiger partial charge in [0.05, 0.1) is 6.07 Å². The van der Waals surface area contributed by atoms with Crippen molar-refractivity contribution >= 4 is 11.9 Å². The standard InChI is InChI=1S/C13H20N2O4/c1-2-3-4-10(11(16)17)15-12(18)13(9-14)5-7-19-8-6-13/h10H,2-8H2,1H3,(H,15,18)(H,16,17). The van der Waals surface area contributed by atoms with Crippen molar-refractivity contribution in [3.05, 3.63) is 0 Å². The van der Waals surface area contributed by atoms with Gasteiger partial charge in [-0.15, -0.1) is 0 Å². The predicted octanol–water partition coefficient (Wildman–Crippen LogP) is 1.07. The van der Waals surface area contributed by atoms with E-state index in [1.165, 1.54) is 0 Å². The Labute approximate surface area is 112 Å². The second-order valence-corrected chi connectivity index (χ2v) is 4.81. The molecule has 0 radical (unpaired) electrons. The van der Waals surface area contributed by atoms with Crippen LogP contribution in [0.2, 0.25) is 0 Å². The summed E-state index contributed by atoms with van der Waals surface area (Å²) in [5, 5.41) is 20.8. The molecule has 6 heteroatoms. The number of hydrogen-bond acceptors (Lipinski definition) is 4. The summed E-state index contributed by atoms with van der Waals surface area (Å²) in [5.74, 6) is -1.54. The topological polar surface area (TPSA) is 99.4 Å². The SMILES string of the molecule is CCCCC(NC(=O)C1(C#N)CCOCC1)C(=O)O. The number of aliphatic carboxylic acids is 1. The molecule has 0 aromatic rings. The molecule has 0 bridgehead atoms. The molecule has 0 aromatic heterocycles. The van der Waals surface area contributed by atoms with E-state index < -0.39 is 23.3 Å². The molecule has 1 rings (SSSR count). The van der Waals surface area contributed by atoms with Crippen molar-refractivity contribution in [2.75, 3.05) is 13.2 Å². The molecule has 1 aliphatic heterocycles. The molecule has 0 aliphatic carbocycles. The van der Waals surface area contributed by atoms with Crippen molar-refractivity contribution in [2.24, 2.45) is 5.41 Å². The first kappa shape index (κ1) is 15.4. The molecule has 6 nitrogen and oxygen atoms in total. The summed E-state index contributed by atoms with van der Waals surface area (Å²) in [6, 6.07) is 1.12. The van der Waals surface area contributed by atoms with Crippen molar-refractivity contribution in [1.82, 2.24) is 5.32 Å². The quantitative estimate of drug-likeness (QED) is 0.750. The van der Waals surface area contributed by atoms with Crippen LogP contribution in [-0.4, -0.2) is 36.2 Å². The highest BCUT2D eigenvalue weighted by atomic mass is 16.5. The minimum atomic E-state index is -1.14. The number of amides is 1. The van der Waals surface area contributed by atoms with Crippen molar-refractivity contribution < 1.29 is 19.4 Å². The first-order valence-corrected chi connectivity index (χ1v) is 6.58. The number of nitrogens with one attached hydrogen (secondary N) is 1. The maximum absolute atomic E-state index is 12.2. The Morgan fingerprint density at radius 1 is 1.47 bits per heavy atom. The summed E-state index contributed by atoms with van der Waals surface area (Å²) in [6.45, 7) is 2.66. The van der Waals surface area contributed by atoms with Gasteiger partial charge in [0.2, 0.25) is 5.91 Å². The van der Waals surface area contributed by atoms with Crippen molar-refractivity contribution in [1.29, 1.82) is 5.26 Å². The fourth-order valence-electron chi connectivity index (χ4n) is 2.07. The summed E-state index contributed by atoms with van der Waals surface area (Å²) in [4.78, 5) is 23.3. The molecule has 1 heterocycles. The molecule has 1 saturated heterocycles. The van der Waals surface area contributed by atoms with E-state index in [1.54, 1.807) is 0 Å². The molecule has 2 N–H and O–H groups in total. The molecule has 1 aliphatic rings. The van der Waals surface area contributed by atoms with Gasteiger partial charge in [-0.25, -0.2) is 4.79 Å². The van der Waals surface area contributed by atoms with Crippen LogP contribution in [0.15, 0.2) is 0 Å². The summed E-state index contributed by atoms with van der Waals surface area (Å²) in [6.07, 6.45) is 2.59. The highest BCUT2D eigenvalue weighted by Crippen LogP contribution is 2.30. The Morgan fingerprint density at radius 2 is 2.11 bits per heavy atom. The molecule has 0 spiro atoms. The van der Waals surface area contributed by atoms with Crippen LogP contribution in [0.3, 0.4) is 0 Å². The third kappa shape index (κ3) is 3.93. The number of unbranched alkanes of at least 4 members (excludes halogenated alkanes) is 1. The number of carbonyl (C=O) groups is 2. The molecule has 1 atom stereocenters.